The Morgan fingerprint density at radius 2 is 1.87 bits per heavy atom. The molecule has 0 saturated heterocycles. The monoisotopic (exact) mass is 205 g/mol. The first-order valence-electron chi connectivity index (χ1n) is 4.33. The molecule has 1 N–H and O–H groups in total. The van der Waals surface area contributed by atoms with Gasteiger partial charge in [0.15, 0.2) is 0 Å². The fraction of sp³-hybridized carbons (Fsp3) is 0.0909. The molecule has 0 aliphatic carbocycles. The Bertz CT molecular complexity index is 384. The number of benzene rings is 1. The van der Waals surface area contributed by atoms with Gasteiger partial charge in [0.2, 0.25) is 0 Å². The van der Waals surface area contributed by atoms with Crippen molar-refractivity contribution in [3.8, 4) is 5.75 Å². The smallest absolute Gasteiger partial charge is 0.410 e. The van der Waals surface area contributed by atoms with Crippen LogP contribution in [0.1, 0.15) is 6.92 Å². The maximum absolute atomic E-state index is 11.1. The van der Waals surface area contributed by atoms with Crippen LogP contribution in [-0.2, 0) is 4.79 Å². The van der Waals surface area contributed by atoms with Crippen LogP contribution >= 0.6 is 0 Å². The van der Waals surface area contributed by atoms with E-state index < -0.39 is 12.0 Å². The predicted molar refractivity (Wildman–Crippen MR) is 55.4 cm³/mol. The van der Waals surface area contributed by atoms with Gasteiger partial charge in [0, 0.05) is 5.57 Å². The van der Waals surface area contributed by atoms with Crippen molar-refractivity contribution in [3.05, 3.63) is 42.5 Å². The average molecular weight is 205 g/mol. The van der Waals surface area contributed by atoms with Crippen LogP contribution in [0.5, 0.6) is 5.75 Å². The molecule has 0 aliphatic heterocycles. The van der Waals surface area contributed by atoms with E-state index >= 15 is 0 Å². The molecule has 0 spiro atoms. The largest absolute Gasteiger partial charge is 0.419 e. The Morgan fingerprint density at radius 3 is 2.40 bits per heavy atom. The van der Waals surface area contributed by atoms with Gasteiger partial charge in [-0.3, -0.25) is 10.1 Å². The number of hydrogen-bond acceptors (Lipinski definition) is 3. The first kappa shape index (κ1) is 11.0. The highest BCUT2D eigenvalue weighted by Crippen LogP contribution is 2.08. The summed E-state index contributed by atoms with van der Waals surface area (Å²) in [6, 6.07) is 8.48. The highest BCUT2D eigenvalue weighted by Gasteiger charge is 2.09. The van der Waals surface area contributed by atoms with Gasteiger partial charge in [-0.2, -0.15) is 0 Å². The van der Waals surface area contributed by atoms with Crippen LogP contribution in [0.2, 0.25) is 0 Å². The summed E-state index contributed by atoms with van der Waals surface area (Å²) in [4.78, 5) is 22.2. The Labute approximate surface area is 87.6 Å². The first-order valence-corrected chi connectivity index (χ1v) is 4.33. The Balaban J connectivity index is 2.51. The molecule has 1 aromatic rings. The zero-order valence-electron chi connectivity index (χ0n) is 8.32. The third-order valence-electron chi connectivity index (χ3n) is 1.56. The highest BCUT2D eigenvalue weighted by atomic mass is 16.6. The molecular formula is C11H11NO3. The zero-order valence-corrected chi connectivity index (χ0v) is 8.32. The van der Waals surface area contributed by atoms with Crippen molar-refractivity contribution in [3.63, 3.8) is 0 Å². The summed E-state index contributed by atoms with van der Waals surface area (Å²) in [7, 11) is 0. The van der Waals surface area contributed by atoms with Crippen molar-refractivity contribution >= 4 is 12.0 Å². The summed E-state index contributed by atoms with van der Waals surface area (Å²) >= 11 is 0. The standard InChI is InChI=1S/C11H11NO3/c1-8(2)10(13)12-11(14)15-9-6-4-3-5-7-9/h3-7H,1H2,2H3,(H,12,13,14). The molecule has 0 atom stereocenters. The minimum Gasteiger partial charge on any atom is -0.410 e. The van der Waals surface area contributed by atoms with E-state index in [0.717, 1.165) is 0 Å². The van der Waals surface area contributed by atoms with Gasteiger partial charge in [0.25, 0.3) is 5.91 Å². The molecule has 0 aromatic heterocycles. The van der Waals surface area contributed by atoms with Crippen molar-refractivity contribution in [2.75, 3.05) is 0 Å². The van der Waals surface area contributed by atoms with Crippen molar-refractivity contribution in [1.29, 1.82) is 0 Å². The minimum absolute atomic E-state index is 0.250. The summed E-state index contributed by atoms with van der Waals surface area (Å²) in [6.07, 6.45) is -0.811. The van der Waals surface area contributed by atoms with Gasteiger partial charge in [-0.25, -0.2) is 4.79 Å². The molecule has 78 valence electrons. The highest BCUT2D eigenvalue weighted by molar-refractivity contribution is 6.01. The van der Waals surface area contributed by atoms with E-state index in [1.807, 2.05) is 5.32 Å². The molecule has 1 aromatic carbocycles. The summed E-state index contributed by atoms with van der Waals surface area (Å²) in [5, 5.41) is 2.03. The average Bonchev–Trinajstić information content (AvgIpc) is 2.18. The molecule has 0 unspecified atom stereocenters. The van der Waals surface area contributed by atoms with Crippen molar-refractivity contribution < 1.29 is 14.3 Å². The van der Waals surface area contributed by atoms with Crippen LogP contribution < -0.4 is 10.1 Å². The SMILES string of the molecule is C=C(C)C(=O)NC(=O)Oc1ccccc1. The molecule has 0 bridgehead atoms. The van der Waals surface area contributed by atoms with Crippen LogP contribution in [0.4, 0.5) is 4.79 Å². The van der Waals surface area contributed by atoms with Gasteiger partial charge >= 0.3 is 6.09 Å². The number of carbonyl (C=O) groups excluding carboxylic acids is 2. The number of amides is 2. The molecule has 2 amide bonds. The molecule has 0 heterocycles. The summed E-state index contributed by atoms with van der Waals surface area (Å²) in [5.74, 6) is -0.166. The molecule has 0 aliphatic rings. The Hall–Kier alpha value is -2.10. The molecule has 0 fully saturated rings. The summed E-state index contributed by atoms with van der Waals surface area (Å²) in [5.41, 5.74) is 0.250. The van der Waals surface area contributed by atoms with Crippen molar-refractivity contribution in [2.24, 2.45) is 0 Å². The van der Waals surface area contributed by atoms with Gasteiger partial charge in [0.05, 0.1) is 0 Å². The number of para-hydroxylation sites is 1. The Morgan fingerprint density at radius 1 is 1.27 bits per heavy atom. The minimum atomic E-state index is -0.811. The topological polar surface area (TPSA) is 55.4 Å². The van der Waals surface area contributed by atoms with Crippen LogP contribution in [0.3, 0.4) is 0 Å². The lowest BCUT2D eigenvalue weighted by atomic mass is 10.3. The lowest BCUT2D eigenvalue weighted by molar-refractivity contribution is -0.116. The number of nitrogens with one attached hydrogen (secondary N) is 1. The molecule has 0 radical (unpaired) electrons. The Kier molecular flexibility index (Phi) is 3.62. The number of imide groups is 1. The third kappa shape index (κ3) is 3.64. The lowest BCUT2D eigenvalue weighted by Gasteiger charge is -2.04. The summed E-state index contributed by atoms with van der Waals surface area (Å²) < 4.78 is 4.82. The van der Waals surface area contributed by atoms with Gasteiger partial charge in [0.1, 0.15) is 5.75 Å². The zero-order chi connectivity index (χ0) is 11.3. The van der Waals surface area contributed by atoms with E-state index in [2.05, 4.69) is 6.58 Å². The maximum atomic E-state index is 11.1. The molecule has 1 rings (SSSR count). The van der Waals surface area contributed by atoms with Gasteiger partial charge in [-0.15, -0.1) is 0 Å². The van der Waals surface area contributed by atoms with Crippen LogP contribution in [0.15, 0.2) is 42.5 Å². The van der Waals surface area contributed by atoms with Gasteiger partial charge in [-0.1, -0.05) is 24.8 Å². The van der Waals surface area contributed by atoms with Gasteiger partial charge < -0.3 is 4.74 Å². The van der Waals surface area contributed by atoms with E-state index in [0.29, 0.717) is 5.75 Å². The van der Waals surface area contributed by atoms with E-state index in [9.17, 15) is 9.59 Å². The van der Waals surface area contributed by atoms with Crippen molar-refractivity contribution in [1.82, 2.24) is 5.32 Å². The van der Waals surface area contributed by atoms with Crippen LogP contribution in [0.25, 0.3) is 0 Å². The van der Waals surface area contributed by atoms with Crippen molar-refractivity contribution in [2.45, 2.75) is 6.92 Å². The molecular weight excluding hydrogens is 194 g/mol. The van der Waals surface area contributed by atoms with E-state index in [1.54, 1.807) is 30.3 Å². The number of carbonyl (C=O) groups is 2. The first-order chi connectivity index (χ1) is 7.09. The van der Waals surface area contributed by atoms with Gasteiger partial charge in [-0.05, 0) is 19.1 Å². The van der Waals surface area contributed by atoms with E-state index in [4.69, 9.17) is 4.74 Å². The number of ether oxygens (including phenoxy) is 1. The fourth-order valence-corrected chi connectivity index (χ4v) is 0.820. The normalized spacial score (nSPS) is 9.13. The lowest BCUT2D eigenvalue weighted by Crippen LogP contribution is -2.33. The fourth-order valence-electron chi connectivity index (χ4n) is 0.820. The second-order valence-corrected chi connectivity index (χ2v) is 2.94. The maximum Gasteiger partial charge on any atom is 0.419 e. The van der Waals surface area contributed by atoms with E-state index in [-0.39, 0.29) is 5.57 Å². The van der Waals surface area contributed by atoms with Crippen LogP contribution in [0, 0.1) is 0 Å². The van der Waals surface area contributed by atoms with Crippen LogP contribution in [-0.4, -0.2) is 12.0 Å². The van der Waals surface area contributed by atoms with E-state index in [1.165, 1.54) is 6.92 Å². The molecule has 15 heavy (non-hydrogen) atoms. The number of rotatable bonds is 2. The molecule has 4 heteroatoms. The molecule has 0 saturated carbocycles. The summed E-state index contributed by atoms with van der Waals surface area (Å²) in [6.45, 7) is 4.90. The molecule has 4 nitrogen and oxygen atoms in total. The quantitative estimate of drug-likeness (QED) is 0.750. The number of hydrogen-bond donors (Lipinski definition) is 1. The second kappa shape index (κ2) is 4.95. The third-order valence-corrected chi connectivity index (χ3v) is 1.56. The second-order valence-electron chi connectivity index (χ2n) is 2.94. The predicted octanol–water partition coefficient (Wildman–Crippen LogP) is 1.88.